The smallest absolute Gasteiger partial charge is 0.320 e. The lowest BCUT2D eigenvalue weighted by molar-refractivity contribution is -0.143. The number of likely N-dealkylation sites (tertiary alicyclic amines) is 1. The van der Waals surface area contributed by atoms with Crippen molar-refractivity contribution in [3.05, 3.63) is 0 Å². The summed E-state index contributed by atoms with van der Waals surface area (Å²) in [4.78, 5) is 13.1. The van der Waals surface area contributed by atoms with Gasteiger partial charge in [-0.05, 0) is 31.7 Å². The molecule has 1 aliphatic rings. The quantitative estimate of drug-likeness (QED) is 0.736. The fourth-order valence-corrected chi connectivity index (χ4v) is 2.38. The Morgan fingerprint density at radius 1 is 1.57 bits per heavy atom. The highest BCUT2D eigenvalue weighted by atomic mass is 16.4. The molecule has 1 heterocycles. The second-order valence-corrected chi connectivity index (χ2v) is 4.20. The van der Waals surface area contributed by atoms with Crippen molar-refractivity contribution in [1.29, 1.82) is 0 Å². The maximum Gasteiger partial charge on any atom is 0.320 e. The molecule has 2 atom stereocenters. The van der Waals surface area contributed by atoms with Crippen molar-refractivity contribution in [2.75, 3.05) is 13.1 Å². The van der Waals surface area contributed by atoms with Crippen molar-refractivity contribution in [3.63, 3.8) is 0 Å². The number of nitrogens with zero attached hydrogens (tertiary/aromatic N) is 1. The van der Waals surface area contributed by atoms with Crippen LogP contribution in [0.1, 0.15) is 39.5 Å². The summed E-state index contributed by atoms with van der Waals surface area (Å²) < 4.78 is 0. The molecule has 0 aliphatic carbocycles. The Hall–Kier alpha value is -0.570. The van der Waals surface area contributed by atoms with Crippen molar-refractivity contribution in [2.24, 2.45) is 5.92 Å². The molecule has 82 valence electrons. The summed E-state index contributed by atoms with van der Waals surface area (Å²) in [6.45, 7) is 6.09. The molecule has 0 aromatic rings. The van der Waals surface area contributed by atoms with E-state index in [0.29, 0.717) is 6.42 Å². The van der Waals surface area contributed by atoms with E-state index in [1.165, 1.54) is 19.3 Å². The minimum Gasteiger partial charge on any atom is -0.480 e. The molecule has 0 spiro atoms. The molecular formula is C11H21NO2. The van der Waals surface area contributed by atoms with Gasteiger partial charge in [-0.1, -0.05) is 20.3 Å². The molecule has 0 amide bonds. The van der Waals surface area contributed by atoms with Crippen LogP contribution in [0.2, 0.25) is 0 Å². The Kier molecular flexibility index (Phi) is 4.39. The van der Waals surface area contributed by atoms with Crippen LogP contribution >= 0.6 is 0 Å². The molecule has 0 saturated carbocycles. The first-order valence-electron chi connectivity index (χ1n) is 5.65. The average molecular weight is 199 g/mol. The molecule has 1 rings (SSSR count). The van der Waals surface area contributed by atoms with Crippen LogP contribution in [-0.4, -0.2) is 35.1 Å². The maximum absolute atomic E-state index is 10.9. The molecule has 3 nitrogen and oxygen atoms in total. The Balaban J connectivity index is 2.43. The van der Waals surface area contributed by atoms with Crippen molar-refractivity contribution in [3.8, 4) is 0 Å². The summed E-state index contributed by atoms with van der Waals surface area (Å²) in [5.41, 5.74) is 0. The highest BCUT2D eigenvalue weighted by Crippen LogP contribution is 2.23. The van der Waals surface area contributed by atoms with Crippen molar-refractivity contribution < 1.29 is 9.90 Å². The van der Waals surface area contributed by atoms with Gasteiger partial charge in [-0.15, -0.1) is 0 Å². The first kappa shape index (κ1) is 11.5. The van der Waals surface area contributed by atoms with Crippen LogP contribution in [0.3, 0.4) is 0 Å². The van der Waals surface area contributed by atoms with Gasteiger partial charge in [0.2, 0.25) is 0 Å². The average Bonchev–Trinajstić information content (AvgIpc) is 2.54. The zero-order chi connectivity index (χ0) is 10.6. The zero-order valence-electron chi connectivity index (χ0n) is 9.20. The normalized spacial score (nSPS) is 25.1. The van der Waals surface area contributed by atoms with E-state index in [9.17, 15) is 4.79 Å². The molecule has 1 aliphatic heterocycles. The second kappa shape index (κ2) is 5.35. The van der Waals surface area contributed by atoms with Gasteiger partial charge in [0.15, 0.2) is 0 Å². The van der Waals surface area contributed by atoms with Gasteiger partial charge in [0.1, 0.15) is 6.04 Å². The fraction of sp³-hybridized carbons (Fsp3) is 0.909. The van der Waals surface area contributed by atoms with Crippen LogP contribution < -0.4 is 0 Å². The monoisotopic (exact) mass is 199 g/mol. The van der Waals surface area contributed by atoms with Crippen LogP contribution in [0.15, 0.2) is 0 Å². The van der Waals surface area contributed by atoms with Gasteiger partial charge in [0.25, 0.3) is 0 Å². The number of carbonyl (C=O) groups is 1. The molecule has 14 heavy (non-hydrogen) atoms. The molecule has 3 heteroatoms. The van der Waals surface area contributed by atoms with Crippen LogP contribution in [0.4, 0.5) is 0 Å². The molecule has 2 unspecified atom stereocenters. The van der Waals surface area contributed by atoms with Crippen LogP contribution in [0.25, 0.3) is 0 Å². The van der Waals surface area contributed by atoms with Gasteiger partial charge in [-0.2, -0.15) is 0 Å². The third-order valence-electron chi connectivity index (χ3n) is 3.13. The van der Waals surface area contributed by atoms with E-state index in [4.69, 9.17) is 5.11 Å². The molecule has 0 bridgehead atoms. The number of aliphatic carboxylic acids is 1. The first-order valence-corrected chi connectivity index (χ1v) is 5.65. The van der Waals surface area contributed by atoms with Crippen molar-refractivity contribution >= 4 is 5.97 Å². The van der Waals surface area contributed by atoms with Gasteiger partial charge in [-0.3, -0.25) is 9.69 Å². The Labute approximate surface area is 86.1 Å². The molecular weight excluding hydrogens is 178 g/mol. The lowest BCUT2D eigenvalue weighted by Crippen LogP contribution is -2.39. The van der Waals surface area contributed by atoms with Gasteiger partial charge in [-0.25, -0.2) is 0 Å². The number of hydrogen-bond acceptors (Lipinski definition) is 2. The third-order valence-corrected chi connectivity index (χ3v) is 3.13. The summed E-state index contributed by atoms with van der Waals surface area (Å²) in [7, 11) is 0. The molecule has 0 aromatic carbocycles. The zero-order valence-corrected chi connectivity index (χ0v) is 9.20. The first-order chi connectivity index (χ1) is 6.69. The van der Waals surface area contributed by atoms with Gasteiger partial charge >= 0.3 is 5.97 Å². The largest absolute Gasteiger partial charge is 0.480 e. The number of hydrogen-bond donors (Lipinski definition) is 1. The van der Waals surface area contributed by atoms with E-state index >= 15 is 0 Å². The van der Waals surface area contributed by atoms with Crippen LogP contribution in [-0.2, 0) is 4.79 Å². The SMILES string of the molecule is CCCC1CCN(C(CC)C(=O)O)C1. The summed E-state index contributed by atoms with van der Waals surface area (Å²) in [5.74, 6) is 0.0676. The number of carboxylic acids is 1. The predicted molar refractivity (Wildman–Crippen MR) is 56.3 cm³/mol. The van der Waals surface area contributed by atoms with E-state index in [0.717, 1.165) is 19.0 Å². The standard InChI is InChI=1S/C11H21NO2/c1-3-5-9-6-7-12(8-9)10(4-2)11(13)14/h9-10H,3-8H2,1-2H3,(H,13,14). The third kappa shape index (κ3) is 2.71. The highest BCUT2D eigenvalue weighted by Gasteiger charge is 2.30. The molecule has 1 fully saturated rings. The maximum atomic E-state index is 10.9. The highest BCUT2D eigenvalue weighted by molar-refractivity contribution is 5.73. The van der Waals surface area contributed by atoms with Gasteiger partial charge < -0.3 is 5.11 Å². The van der Waals surface area contributed by atoms with E-state index in [-0.39, 0.29) is 6.04 Å². The summed E-state index contributed by atoms with van der Waals surface area (Å²) in [6.07, 6.45) is 4.35. The van der Waals surface area contributed by atoms with E-state index in [2.05, 4.69) is 11.8 Å². The number of rotatable bonds is 5. The topological polar surface area (TPSA) is 40.5 Å². The Bertz CT molecular complexity index is 194. The van der Waals surface area contributed by atoms with Crippen molar-refractivity contribution in [2.45, 2.75) is 45.6 Å². The lowest BCUT2D eigenvalue weighted by Gasteiger charge is -2.22. The van der Waals surface area contributed by atoms with Crippen LogP contribution in [0, 0.1) is 5.92 Å². The second-order valence-electron chi connectivity index (χ2n) is 4.20. The molecule has 0 aromatic heterocycles. The lowest BCUT2D eigenvalue weighted by atomic mass is 10.0. The summed E-state index contributed by atoms with van der Waals surface area (Å²) >= 11 is 0. The summed E-state index contributed by atoms with van der Waals surface area (Å²) in [6, 6.07) is -0.253. The van der Waals surface area contributed by atoms with E-state index in [1.54, 1.807) is 0 Å². The molecule has 1 saturated heterocycles. The van der Waals surface area contributed by atoms with Crippen LogP contribution in [0.5, 0.6) is 0 Å². The predicted octanol–water partition coefficient (Wildman–Crippen LogP) is 1.97. The fourth-order valence-electron chi connectivity index (χ4n) is 2.38. The van der Waals surface area contributed by atoms with Gasteiger partial charge in [0, 0.05) is 6.54 Å². The Morgan fingerprint density at radius 2 is 2.29 bits per heavy atom. The minimum atomic E-state index is -0.662. The van der Waals surface area contributed by atoms with E-state index in [1.807, 2.05) is 6.92 Å². The van der Waals surface area contributed by atoms with E-state index < -0.39 is 5.97 Å². The molecule has 0 radical (unpaired) electrons. The number of carboxylic acid groups (broad SMARTS) is 1. The van der Waals surface area contributed by atoms with Gasteiger partial charge in [0.05, 0.1) is 0 Å². The molecule has 1 N–H and O–H groups in total. The summed E-state index contributed by atoms with van der Waals surface area (Å²) in [5, 5.41) is 9.01. The Morgan fingerprint density at radius 3 is 2.79 bits per heavy atom. The minimum absolute atomic E-state index is 0.253. The van der Waals surface area contributed by atoms with Crippen molar-refractivity contribution in [1.82, 2.24) is 4.90 Å².